The van der Waals surface area contributed by atoms with E-state index in [1.54, 1.807) is 12.1 Å². The molecule has 1 aromatic carbocycles. The summed E-state index contributed by atoms with van der Waals surface area (Å²) in [6.07, 6.45) is -1.31. The van der Waals surface area contributed by atoms with Crippen molar-refractivity contribution in [2.24, 2.45) is 5.73 Å². The number of benzene rings is 1. The summed E-state index contributed by atoms with van der Waals surface area (Å²) in [5.41, 5.74) is 5.34. The molecule has 2 unspecified atom stereocenters. The highest BCUT2D eigenvalue weighted by Crippen LogP contribution is 2.43. The van der Waals surface area contributed by atoms with E-state index < -0.39 is 23.0 Å². The number of rotatable bonds is 3. The molecule has 0 heterocycles. The van der Waals surface area contributed by atoms with Gasteiger partial charge in [0.2, 0.25) is 0 Å². The lowest BCUT2D eigenvalue weighted by Crippen LogP contribution is -2.21. The van der Waals surface area contributed by atoms with Crippen LogP contribution < -0.4 is 5.73 Å². The summed E-state index contributed by atoms with van der Waals surface area (Å²) < 4.78 is 39.7. The molecule has 0 fully saturated rings. The van der Waals surface area contributed by atoms with Gasteiger partial charge in [-0.2, -0.15) is 13.2 Å². The zero-order valence-corrected chi connectivity index (χ0v) is 13.6. The fourth-order valence-corrected chi connectivity index (χ4v) is 3.79. The first-order chi connectivity index (χ1) is 10.3. The molecular formula is C15H13Cl3F3N. The highest BCUT2D eigenvalue weighted by atomic mass is 35.5. The van der Waals surface area contributed by atoms with Crippen LogP contribution in [0.15, 0.2) is 40.4 Å². The maximum Gasteiger partial charge on any atom is 0.416 e. The van der Waals surface area contributed by atoms with Crippen LogP contribution in [0.2, 0.25) is 0 Å². The Balaban J connectivity index is 2.59. The molecule has 7 heteroatoms. The summed E-state index contributed by atoms with van der Waals surface area (Å²) in [7, 11) is 0. The Labute approximate surface area is 141 Å². The molecule has 1 aliphatic carbocycles. The van der Waals surface area contributed by atoms with Crippen LogP contribution in [0.5, 0.6) is 0 Å². The summed E-state index contributed by atoms with van der Waals surface area (Å²) in [6.45, 7) is 0.0949. The molecule has 0 radical (unpaired) electrons. The van der Waals surface area contributed by atoms with Crippen molar-refractivity contribution in [3.8, 4) is 0 Å². The van der Waals surface area contributed by atoms with Gasteiger partial charge in [-0.1, -0.05) is 35.3 Å². The summed E-state index contributed by atoms with van der Waals surface area (Å²) in [4.78, 5) is 0. The largest absolute Gasteiger partial charge is 0.416 e. The van der Waals surface area contributed by atoms with E-state index in [0.29, 0.717) is 15.6 Å². The lowest BCUT2D eigenvalue weighted by molar-refractivity contribution is -0.138. The van der Waals surface area contributed by atoms with E-state index >= 15 is 0 Å². The van der Waals surface area contributed by atoms with Crippen LogP contribution >= 0.6 is 34.8 Å². The minimum absolute atomic E-state index is 0.0900. The van der Waals surface area contributed by atoms with Crippen LogP contribution in [0.4, 0.5) is 13.2 Å². The number of hydrogen-bond acceptors (Lipinski definition) is 1. The van der Waals surface area contributed by atoms with Crippen LogP contribution in [0, 0.1) is 0 Å². The molecule has 0 spiro atoms. The van der Waals surface area contributed by atoms with Gasteiger partial charge in [0.1, 0.15) is 0 Å². The molecule has 0 saturated heterocycles. The molecule has 0 bridgehead atoms. The topological polar surface area (TPSA) is 26.0 Å². The van der Waals surface area contributed by atoms with Crippen molar-refractivity contribution in [1.29, 1.82) is 0 Å². The van der Waals surface area contributed by atoms with Crippen LogP contribution in [0.25, 0.3) is 0 Å². The first-order valence-corrected chi connectivity index (χ1v) is 7.72. The zero-order valence-electron chi connectivity index (χ0n) is 11.3. The van der Waals surface area contributed by atoms with E-state index in [-0.39, 0.29) is 18.5 Å². The second-order valence-corrected chi connectivity index (χ2v) is 6.29. The van der Waals surface area contributed by atoms with Crippen molar-refractivity contribution < 1.29 is 13.2 Å². The average Bonchev–Trinajstić information content (AvgIpc) is 2.38. The predicted molar refractivity (Wildman–Crippen MR) is 84.5 cm³/mol. The number of alkyl halides is 4. The van der Waals surface area contributed by atoms with E-state index in [9.17, 15) is 13.2 Å². The first-order valence-electron chi connectivity index (χ1n) is 6.53. The Morgan fingerprint density at radius 2 is 1.86 bits per heavy atom. The standard InChI is InChI=1S/C15H13Cl3F3N/c16-8-6-12(17)14(13(18)7-8)10-2-1-3-11(15(19,20)21)9(10)4-5-22/h1-3,6-7,12,14H,4-5,22H2. The maximum absolute atomic E-state index is 13.2. The van der Waals surface area contributed by atoms with E-state index in [4.69, 9.17) is 40.5 Å². The Morgan fingerprint density at radius 1 is 1.18 bits per heavy atom. The molecule has 120 valence electrons. The monoisotopic (exact) mass is 369 g/mol. The number of allylic oxidation sites excluding steroid dienone is 4. The molecule has 0 aliphatic heterocycles. The molecule has 0 amide bonds. The highest BCUT2D eigenvalue weighted by molar-refractivity contribution is 6.37. The molecule has 1 aliphatic rings. The Hall–Kier alpha value is -0.680. The van der Waals surface area contributed by atoms with Crippen LogP contribution in [0.1, 0.15) is 22.6 Å². The van der Waals surface area contributed by atoms with Gasteiger partial charge in [-0.15, -0.1) is 11.6 Å². The molecule has 2 N–H and O–H groups in total. The van der Waals surface area contributed by atoms with Gasteiger partial charge in [-0.3, -0.25) is 0 Å². The van der Waals surface area contributed by atoms with Gasteiger partial charge in [-0.05, 0) is 42.3 Å². The van der Waals surface area contributed by atoms with Gasteiger partial charge in [0.25, 0.3) is 0 Å². The van der Waals surface area contributed by atoms with Crippen molar-refractivity contribution in [1.82, 2.24) is 0 Å². The first kappa shape index (κ1) is 17.7. The lowest BCUT2D eigenvalue weighted by Gasteiger charge is -2.27. The van der Waals surface area contributed by atoms with Gasteiger partial charge in [0, 0.05) is 16.0 Å². The Morgan fingerprint density at radius 3 is 2.41 bits per heavy atom. The molecule has 0 saturated carbocycles. The molecule has 22 heavy (non-hydrogen) atoms. The lowest BCUT2D eigenvalue weighted by atomic mass is 9.85. The molecular weight excluding hydrogens is 358 g/mol. The fourth-order valence-electron chi connectivity index (χ4n) is 2.58. The van der Waals surface area contributed by atoms with Crippen LogP contribution in [0.3, 0.4) is 0 Å². The third kappa shape index (κ3) is 3.62. The van der Waals surface area contributed by atoms with Crippen molar-refractivity contribution in [3.63, 3.8) is 0 Å². The smallest absolute Gasteiger partial charge is 0.330 e. The third-order valence-electron chi connectivity index (χ3n) is 3.46. The predicted octanol–water partition coefficient (Wildman–Crippen LogP) is 5.16. The van der Waals surface area contributed by atoms with Crippen molar-refractivity contribution in [2.75, 3.05) is 6.54 Å². The summed E-state index contributed by atoms with van der Waals surface area (Å²) in [6, 6.07) is 4.00. The van der Waals surface area contributed by atoms with Gasteiger partial charge >= 0.3 is 6.18 Å². The second kappa shape index (κ2) is 6.83. The Kier molecular flexibility index (Phi) is 5.49. The molecule has 2 atom stereocenters. The minimum atomic E-state index is -4.46. The second-order valence-electron chi connectivity index (χ2n) is 4.91. The quantitative estimate of drug-likeness (QED) is 0.731. The maximum atomic E-state index is 13.2. The summed E-state index contributed by atoms with van der Waals surface area (Å²) in [5.74, 6) is -0.574. The number of nitrogens with two attached hydrogens (primary N) is 1. The molecule has 1 nitrogen and oxygen atoms in total. The van der Waals surface area contributed by atoms with E-state index in [2.05, 4.69) is 0 Å². The third-order valence-corrected chi connectivity index (χ3v) is 4.41. The van der Waals surface area contributed by atoms with Crippen molar-refractivity contribution in [3.05, 3.63) is 57.1 Å². The van der Waals surface area contributed by atoms with Crippen LogP contribution in [-0.2, 0) is 12.6 Å². The normalized spacial score (nSPS) is 22.3. The highest BCUT2D eigenvalue weighted by Gasteiger charge is 2.36. The van der Waals surface area contributed by atoms with E-state index in [1.165, 1.54) is 12.1 Å². The average molecular weight is 371 g/mol. The number of halogens is 6. The Bertz CT molecular complexity index is 623. The summed E-state index contributed by atoms with van der Waals surface area (Å²) in [5, 5.41) is 0.0590. The number of hydrogen-bond donors (Lipinski definition) is 1. The van der Waals surface area contributed by atoms with Gasteiger partial charge < -0.3 is 5.73 Å². The van der Waals surface area contributed by atoms with Crippen molar-refractivity contribution in [2.45, 2.75) is 23.9 Å². The van der Waals surface area contributed by atoms with Gasteiger partial charge in [-0.25, -0.2) is 0 Å². The van der Waals surface area contributed by atoms with Crippen LogP contribution in [-0.4, -0.2) is 11.9 Å². The SMILES string of the molecule is NCCc1c(C2C(Cl)=CC(Cl)=CC2Cl)cccc1C(F)(F)F. The molecule has 1 aromatic rings. The van der Waals surface area contributed by atoms with Gasteiger partial charge in [0.15, 0.2) is 0 Å². The minimum Gasteiger partial charge on any atom is -0.330 e. The van der Waals surface area contributed by atoms with E-state index in [0.717, 1.165) is 6.07 Å². The zero-order chi connectivity index (χ0) is 16.5. The van der Waals surface area contributed by atoms with Crippen molar-refractivity contribution >= 4 is 34.8 Å². The molecule has 2 rings (SSSR count). The summed E-state index contributed by atoms with van der Waals surface area (Å²) >= 11 is 18.3. The fraction of sp³-hybridized carbons (Fsp3) is 0.333. The molecule has 0 aromatic heterocycles. The van der Waals surface area contributed by atoms with Gasteiger partial charge in [0.05, 0.1) is 10.9 Å². The van der Waals surface area contributed by atoms with E-state index in [1.807, 2.05) is 0 Å².